The predicted molar refractivity (Wildman–Crippen MR) is 68.2 cm³/mol. The summed E-state index contributed by atoms with van der Waals surface area (Å²) >= 11 is 0. The van der Waals surface area contributed by atoms with Crippen LogP contribution in [0.1, 0.15) is 21.6 Å². The number of benzene rings is 1. The number of aromatic nitrogens is 1. The Hall–Kier alpha value is -3.03. The molecule has 1 amide bonds. The molecule has 0 fully saturated rings. The second-order valence-electron chi connectivity index (χ2n) is 3.80. The third kappa shape index (κ3) is 2.63. The SMILES string of the molecule is N#Cc1ccn(Cc2ccccc2)c1C(=O)N=[N+]=[N-]. The molecule has 0 saturated carbocycles. The largest absolute Gasteiger partial charge is 0.339 e. The van der Waals surface area contributed by atoms with E-state index in [9.17, 15) is 4.79 Å². The van der Waals surface area contributed by atoms with E-state index < -0.39 is 5.91 Å². The Balaban J connectivity index is 2.42. The first-order chi connectivity index (χ1) is 9.26. The molecule has 1 heterocycles. The van der Waals surface area contributed by atoms with Crippen molar-refractivity contribution in [2.75, 3.05) is 0 Å². The molecule has 1 aromatic heterocycles. The molecule has 6 heteroatoms. The minimum atomic E-state index is -0.750. The van der Waals surface area contributed by atoms with Crippen molar-refractivity contribution in [1.82, 2.24) is 4.57 Å². The number of rotatable bonds is 3. The van der Waals surface area contributed by atoms with Crippen LogP contribution in [0.2, 0.25) is 0 Å². The van der Waals surface area contributed by atoms with Gasteiger partial charge in [0.15, 0.2) is 0 Å². The molecule has 0 spiro atoms. The molecule has 19 heavy (non-hydrogen) atoms. The second-order valence-corrected chi connectivity index (χ2v) is 3.80. The van der Waals surface area contributed by atoms with Crippen molar-refractivity contribution in [2.45, 2.75) is 6.54 Å². The van der Waals surface area contributed by atoms with Crippen molar-refractivity contribution in [1.29, 1.82) is 5.26 Å². The Morgan fingerprint density at radius 3 is 2.74 bits per heavy atom. The van der Waals surface area contributed by atoms with Gasteiger partial charge in [-0.15, -0.1) is 0 Å². The van der Waals surface area contributed by atoms with E-state index >= 15 is 0 Å². The van der Waals surface area contributed by atoms with Crippen molar-refractivity contribution in [2.24, 2.45) is 5.11 Å². The monoisotopic (exact) mass is 251 g/mol. The maximum atomic E-state index is 11.7. The van der Waals surface area contributed by atoms with E-state index in [4.69, 9.17) is 10.8 Å². The van der Waals surface area contributed by atoms with Crippen molar-refractivity contribution >= 4 is 5.91 Å². The minimum absolute atomic E-state index is 0.115. The fourth-order valence-corrected chi connectivity index (χ4v) is 1.80. The summed E-state index contributed by atoms with van der Waals surface area (Å²) in [7, 11) is 0. The topological polar surface area (TPSA) is 94.5 Å². The van der Waals surface area contributed by atoms with E-state index in [1.165, 1.54) is 6.07 Å². The third-order valence-electron chi connectivity index (χ3n) is 2.62. The van der Waals surface area contributed by atoms with Gasteiger partial charge in [0, 0.05) is 17.7 Å². The zero-order chi connectivity index (χ0) is 13.7. The molecular formula is C13H9N5O. The van der Waals surface area contributed by atoms with Crippen LogP contribution in [0.4, 0.5) is 0 Å². The average molecular weight is 251 g/mol. The maximum Gasteiger partial charge on any atom is 0.266 e. The fraction of sp³-hybridized carbons (Fsp3) is 0.0769. The van der Waals surface area contributed by atoms with Crippen molar-refractivity contribution in [3.63, 3.8) is 0 Å². The van der Waals surface area contributed by atoms with Crippen LogP contribution in [0.25, 0.3) is 10.4 Å². The van der Waals surface area contributed by atoms with Crippen LogP contribution in [-0.2, 0) is 6.54 Å². The summed E-state index contributed by atoms with van der Waals surface area (Å²) < 4.78 is 1.60. The van der Waals surface area contributed by atoms with Crippen LogP contribution < -0.4 is 0 Å². The Bertz CT molecular complexity index is 690. The average Bonchev–Trinajstić information content (AvgIpc) is 2.83. The number of amides is 1. The smallest absolute Gasteiger partial charge is 0.266 e. The Morgan fingerprint density at radius 1 is 1.37 bits per heavy atom. The van der Waals surface area contributed by atoms with Crippen LogP contribution in [0.3, 0.4) is 0 Å². The standard InChI is InChI=1S/C13H9N5O/c14-8-11-6-7-18(12(11)13(19)16-17-15)9-10-4-2-1-3-5-10/h1-7H,9H2. The lowest BCUT2D eigenvalue weighted by Gasteiger charge is -2.07. The molecule has 1 aromatic carbocycles. The molecule has 0 aliphatic heterocycles. The van der Waals surface area contributed by atoms with E-state index in [2.05, 4.69) is 10.0 Å². The summed E-state index contributed by atoms with van der Waals surface area (Å²) in [5, 5.41) is 12.0. The van der Waals surface area contributed by atoms with Crippen LogP contribution >= 0.6 is 0 Å². The number of hydrogen-bond donors (Lipinski definition) is 0. The van der Waals surface area contributed by atoms with Gasteiger partial charge in [0.1, 0.15) is 11.8 Å². The van der Waals surface area contributed by atoms with Gasteiger partial charge in [-0.1, -0.05) is 30.3 Å². The van der Waals surface area contributed by atoms with E-state index in [0.717, 1.165) is 5.56 Å². The number of nitriles is 1. The van der Waals surface area contributed by atoms with Gasteiger partial charge in [-0.2, -0.15) is 5.26 Å². The van der Waals surface area contributed by atoms with Crippen LogP contribution in [0, 0.1) is 11.3 Å². The van der Waals surface area contributed by atoms with Crippen LogP contribution in [0.15, 0.2) is 47.7 Å². The predicted octanol–water partition coefficient (Wildman–Crippen LogP) is 2.86. The zero-order valence-corrected chi connectivity index (χ0v) is 9.89. The number of hydrogen-bond acceptors (Lipinski definition) is 2. The normalized spacial score (nSPS) is 9.42. The first kappa shape index (κ1) is 12.4. The summed E-state index contributed by atoms with van der Waals surface area (Å²) in [5.74, 6) is -0.750. The first-order valence-electron chi connectivity index (χ1n) is 5.49. The molecule has 0 aliphatic rings. The molecule has 2 aromatic rings. The molecule has 0 saturated heterocycles. The summed E-state index contributed by atoms with van der Waals surface area (Å²) in [6, 6.07) is 12.9. The van der Waals surface area contributed by atoms with Crippen molar-refractivity contribution in [3.05, 3.63) is 69.9 Å². The van der Waals surface area contributed by atoms with E-state index in [0.29, 0.717) is 6.54 Å². The molecule has 0 N–H and O–H groups in total. The third-order valence-corrected chi connectivity index (χ3v) is 2.62. The molecule has 0 aliphatic carbocycles. The van der Waals surface area contributed by atoms with Gasteiger partial charge in [-0.3, -0.25) is 4.79 Å². The van der Waals surface area contributed by atoms with Gasteiger partial charge in [-0.25, -0.2) is 0 Å². The van der Waals surface area contributed by atoms with Crippen LogP contribution in [-0.4, -0.2) is 10.5 Å². The second kappa shape index (κ2) is 5.54. The molecule has 92 valence electrons. The van der Waals surface area contributed by atoms with E-state index in [-0.39, 0.29) is 11.3 Å². The highest BCUT2D eigenvalue weighted by Crippen LogP contribution is 2.14. The van der Waals surface area contributed by atoms with Crippen LogP contribution in [0.5, 0.6) is 0 Å². The van der Waals surface area contributed by atoms with Crippen molar-refractivity contribution < 1.29 is 4.79 Å². The van der Waals surface area contributed by atoms with Gasteiger partial charge >= 0.3 is 0 Å². The van der Waals surface area contributed by atoms with Gasteiger partial charge in [0.05, 0.1) is 5.56 Å². The highest BCUT2D eigenvalue weighted by atomic mass is 16.2. The molecule has 6 nitrogen and oxygen atoms in total. The Labute approximate surface area is 109 Å². The Kier molecular flexibility index (Phi) is 3.62. The minimum Gasteiger partial charge on any atom is -0.339 e. The molecule has 0 unspecified atom stereocenters. The fourth-order valence-electron chi connectivity index (χ4n) is 1.80. The lowest BCUT2D eigenvalue weighted by molar-refractivity contribution is 0.0992. The molecule has 2 rings (SSSR count). The zero-order valence-electron chi connectivity index (χ0n) is 9.89. The van der Waals surface area contributed by atoms with Gasteiger partial charge in [-0.05, 0) is 22.3 Å². The summed E-state index contributed by atoms with van der Waals surface area (Å²) in [4.78, 5) is 14.2. The number of carbonyl (C=O) groups excluding carboxylic acids is 1. The number of nitrogens with zero attached hydrogens (tertiary/aromatic N) is 5. The summed E-state index contributed by atoms with van der Waals surface area (Å²) in [6.07, 6.45) is 1.63. The number of azide groups is 1. The Morgan fingerprint density at radius 2 is 2.11 bits per heavy atom. The first-order valence-corrected chi connectivity index (χ1v) is 5.49. The highest BCUT2D eigenvalue weighted by Gasteiger charge is 2.15. The quantitative estimate of drug-likeness (QED) is 0.476. The number of carbonyl (C=O) groups is 1. The van der Waals surface area contributed by atoms with E-state index in [1.54, 1.807) is 10.8 Å². The lowest BCUT2D eigenvalue weighted by Crippen LogP contribution is -2.08. The molecule has 0 atom stereocenters. The van der Waals surface area contributed by atoms with Gasteiger partial charge in [0.25, 0.3) is 5.91 Å². The van der Waals surface area contributed by atoms with Crippen molar-refractivity contribution in [3.8, 4) is 6.07 Å². The van der Waals surface area contributed by atoms with Gasteiger partial charge < -0.3 is 4.57 Å². The molecule has 0 radical (unpaired) electrons. The molecular weight excluding hydrogens is 242 g/mol. The molecule has 0 bridgehead atoms. The van der Waals surface area contributed by atoms with Gasteiger partial charge in [0.2, 0.25) is 0 Å². The summed E-state index contributed by atoms with van der Waals surface area (Å²) in [6.45, 7) is 0.435. The summed E-state index contributed by atoms with van der Waals surface area (Å²) in [5.41, 5.74) is 9.63. The highest BCUT2D eigenvalue weighted by molar-refractivity contribution is 5.95. The maximum absolute atomic E-state index is 11.7. The van der Waals surface area contributed by atoms with E-state index in [1.807, 2.05) is 36.4 Å². The lowest BCUT2D eigenvalue weighted by atomic mass is 10.2.